The number of thioether (sulfide) groups is 1. The number of nitrogens with one attached hydrogen (secondary N) is 1. The van der Waals surface area contributed by atoms with E-state index in [9.17, 15) is 19.7 Å². The van der Waals surface area contributed by atoms with Crippen LogP contribution in [0.25, 0.3) is 21.3 Å². The van der Waals surface area contributed by atoms with Crippen molar-refractivity contribution in [3.05, 3.63) is 79.4 Å². The van der Waals surface area contributed by atoms with Crippen molar-refractivity contribution in [3.63, 3.8) is 0 Å². The molecule has 1 amide bonds. The number of carbonyl (C=O) groups excluding carboxylic acids is 1. The normalized spacial score (nSPS) is 12.0. The van der Waals surface area contributed by atoms with Gasteiger partial charge in [0, 0.05) is 24.1 Å². The first-order valence-electron chi connectivity index (χ1n) is 10.4. The maximum atomic E-state index is 13.3. The molecule has 2 aromatic carbocycles. The van der Waals surface area contributed by atoms with Crippen LogP contribution in [0, 0.1) is 24.0 Å². The molecule has 1 atom stereocenters. The monoisotopic (exact) mass is 494 g/mol. The summed E-state index contributed by atoms with van der Waals surface area (Å²) in [5.41, 5.74) is 3.89. The summed E-state index contributed by atoms with van der Waals surface area (Å²) < 4.78 is 1.44. The summed E-state index contributed by atoms with van der Waals surface area (Å²) in [5, 5.41) is 16.1. The van der Waals surface area contributed by atoms with E-state index in [0.29, 0.717) is 15.4 Å². The van der Waals surface area contributed by atoms with E-state index in [1.165, 1.54) is 39.7 Å². The number of hydrogen-bond acceptors (Lipinski definition) is 7. The Labute approximate surface area is 203 Å². The maximum absolute atomic E-state index is 13.3. The molecule has 8 nitrogen and oxygen atoms in total. The number of thiophene rings is 1. The molecule has 0 spiro atoms. The van der Waals surface area contributed by atoms with Crippen molar-refractivity contribution in [1.82, 2.24) is 9.55 Å². The van der Waals surface area contributed by atoms with Crippen LogP contribution in [0.15, 0.2) is 57.8 Å². The van der Waals surface area contributed by atoms with Crippen LogP contribution in [-0.4, -0.2) is 25.6 Å². The number of hydrogen-bond donors (Lipinski definition) is 1. The van der Waals surface area contributed by atoms with Gasteiger partial charge in [-0.15, -0.1) is 11.3 Å². The zero-order valence-corrected chi connectivity index (χ0v) is 20.6. The number of rotatable bonds is 6. The lowest BCUT2D eigenvalue weighted by atomic mass is 10.0. The van der Waals surface area contributed by atoms with Gasteiger partial charge in [0.1, 0.15) is 10.5 Å². The molecular formula is C24H22N4O4S2. The van der Waals surface area contributed by atoms with Gasteiger partial charge in [0.05, 0.1) is 15.6 Å². The summed E-state index contributed by atoms with van der Waals surface area (Å²) in [5.74, 6) is -0.421. The van der Waals surface area contributed by atoms with E-state index in [1.54, 1.807) is 20.0 Å². The lowest BCUT2D eigenvalue weighted by Gasteiger charge is -2.14. The molecule has 2 heterocycles. The highest BCUT2D eigenvalue weighted by molar-refractivity contribution is 8.00. The standard InChI is InChI=1S/C24H22N4O4S2/c1-13-9-10-16(11-14(13)2)17-12-33-22-20(17)23(30)27(4)24(26-22)34-15(3)21(29)25-18-7-5-6-8-19(18)28(31)32/h5-12,15H,1-4H3,(H,25,29). The number of nitro groups is 1. The van der Waals surface area contributed by atoms with Crippen LogP contribution >= 0.6 is 23.1 Å². The molecule has 1 unspecified atom stereocenters. The number of aromatic nitrogens is 2. The smallest absolute Gasteiger partial charge is 0.292 e. The summed E-state index contributed by atoms with van der Waals surface area (Å²) in [4.78, 5) is 41.9. The highest BCUT2D eigenvalue weighted by Crippen LogP contribution is 2.34. The van der Waals surface area contributed by atoms with Crippen LogP contribution in [0.3, 0.4) is 0 Å². The van der Waals surface area contributed by atoms with Gasteiger partial charge in [-0.1, -0.05) is 42.1 Å². The highest BCUT2D eigenvalue weighted by atomic mass is 32.2. The number of amides is 1. The third-order valence-corrected chi connectivity index (χ3v) is 7.62. The SMILES string of the molecule is Cc1ccc(-c2csc3nc(SC(C)C(=O)Nc4ccccc4[N+](=O)[O-])n(C)c(=O)c23)cc1C. The molecule has 0 aliphatic rings. The lowest BCUT2D eigenvalue weighted by Crippen LogP contribution is -2.25. The molecule has 34 heavy (non-hydrogen) atoms. The number of nitro benzene ring substituents is 1. The summed E-state index contributed by atoms with van der Waals surface area (Å²) in [6.07, 6.45) is 0. The maximum Gasteiger partial charge on any atom is 0.292 e. The Hall–Kier alpha value is -3.50. The molecule has 174 valence electrons. The fourth-order valence-electron chi connectivity index (χ4n) is 3.46. The van der Waals surface area contributed by atoms with Gasteiger partial charge in [0.2, 0.25) is 5.91 Å². The first kappa shape index (κ1) is 23.7. The molecule has 0 aliphatic heterocycles. The van der Waals surface area contributed by atoms with Crippen LogP contribution < -0.4 is 10.9 Å². The Morgan fingerprint density at radius 1 is 1.21 bits per heavy atom. The topological polar surface area (TPSA) is 107 Å². The van der Waals surface area contributed by atoms with Gasteiger partial charge < -0.3 is 5.32 Å². The Morgan fingerprint density at radius 2 is 1.94 bits per heavy atom. The second-order valence-corrected chi connectivity index (χ2v) is 10.1. The third kappa shape index (κ3) is 4.46. The molecule has 0 bridgehead atoms. The average molecular weight is 495 g/mol. The fourth-order valence-corrected chi connectivity index (χ4v) is 5.33. The Balaban J connectivity index is 1.62. The molecule has 10 heteroatoms. The number of para-hydroxylation sites is 2. The van der Waals surface area contributed by atoms with Crippen molar-refractivity contribution in [2.75, 3.05) is 5.32 Å². The van der Waals surface area contributed by atoms with E-state index < -0.39 is 16.1 Å². The predicted molar refractivity (Wildman–Crippen MR) is 137 cm³/mol. The van der Waals surface area contributed by atoms with E-state index in [4.69, 9.17) is 0 Å². The molecule has 0 aliphatic carbocycles. The van der Waals surface area contributed by atoms with Crippen LogP contribution in [0.2, 0.25) is 0 Å². The van der Waals surface area contributed by atoms with Crippen LogP contribution in [-0.2, 0) is 11.8 Å². The first-order valence-corrected chi connectivity index (χ1v) is 12.2. The molecule has 0 saturated carbocycles. The van der Waals surface area contributed by atoms with E-state index in [0.717, 1.165) is 28.5 Å². The molecule has 4 rings (SSSR count). The van der Waals surface area contributed by atoms with Crippen LogP contribution in [0.4, 0.5) is 11.4 Å². The van der Waals surface area contributed by atoms with Crippen molar-refractivity contribution < 1.29 is 9.72 Å². The van der Waals surface area contributed by atoms with E-state index in [1.807, 2.05) is 31.4 Å². The average Bonchev–Trinajstić information content (AvgIpc) is 3.23. The number of benzene rings is 2. The summed E-state index contributed by atoms with van der Waals surface area (Å²) in [7, 11) is 1.63. The second kappa shape index (κ2) is 9.40. The molecule has 4 aromatic rings. The van der Waals surface area contributed by atoms with Gasteiger partial charge >= 0.3 is 0 Å². The minimum Gasteiger partial charge on any atom is -0.319 e. The van der Waals surface area contributed by atoms with Gasteiger partial charge in [-0.05, 0) is 43.5 Å². The van der Waals surface area contributed by atoms with Crippen molar-refractivity contribution in [3.8, 4) is 11.1 Å². The number of aryl methyl sites for hydroxylation is 2. The molecule has 1 N–H and O–H groups in total. The minimum absolute atomic E-state index is 0.124. The molecular weight excluding hydrogens is 472 g/mol. The van der Waals surface area contributed by atoms with E-state index in [2.05, 4.69) is 16.4 Å². The van der Waals surface area contributed by atoms with Gasteiger partial charge in [0.25, 0.3) is 11.2 Å². The van der Waals surface area contributed by atoms with Gasteiger partial charge in [-0.25, -0.2) is 4.98 Å². The van der Waals surface area contributed by atoms with Crippen molar-refractivity contribution in [1.29, 1.82) is 0 Å². The zero-order chi connectivity index (χ0) is 24.6. The Kier molecular flexibility index (Phi) is 6.54. The van der Waals surface area contributed by atoms with Crippen molar-refractivity contribution in [2.24, 2.45) is 7.05 Å². The van der Waals surface area contributed by atoms with Crippen molar-refractivity contribution in [2.45, 2.75) is 31.2 Å². The number of carbonyl (C=O) groups is 1. The van der Waals surface area contributed by atoms with Gasteiger partial charge in [0.15, 0.2) is 5.16 Å². The largest absolute Gasteiger partial charge is 0.319 e. The zero-order valence-electron chi connectivity index (χ0n) is 19.0. The molecule has 0 saturated heterocycles. The number of anilines is 1. The Bertz CT molecular complexity index is 1490. The lowest BCUT2D eigenvalue weighted by molar-refractivity contribution is -0.383. The van der Waals surface area contributed by atoms with Gasteiger partial charge in [-0.3, -0.25) is 24.3 Å². The summed E-state index contributed by atoms with van der Waals surface area (Å²) in [6, 6.07) is 12.1. The number of nitrogens with zero attached hydrogens (tertiary/aromatic N) is 3. The van der Waals surface area contributed by atoms with E-state index in [-0.39, 0.29) is 16.9 Å². The Morgan fingerprint density at radius 3 is 2.65 bits per heavy atom. The third-order valence-electron chi connectivity index (χ3n) is 5.60. The highest BCUT2D eigenvalue weighted by Gasteiger charge is 2.23. The summed E-state index contributed by atoms with van der Waals surface area (Å²) in [6.45, 7) is 5.75. The quantitative estimate of drug-likeness (QED) is 0.169. The van der Waals surface area contributed by atoms with Crippen molar-refractivity contribution >= 4 is 50.6 Å². The van der Waals surface area contributed by atoms with Gasteiger partial charge in [-0.2, -0.15) is 0 Å². The molecule has 2 aromatic heterocycles. The fraction of sp³-hybridized carbons (Fsp3) is 0.208. The second-order valence-electron chi connectivity index (χ2n) is 7.91. The first-order chi connectivity index (χ1) is 16.2. The van der Waals surface area contributed by atoms with Crippen LogP contribution in [0.1, 0.15) is 18.1 Å². The van der Waals surface area contributed by atoms with Crippen LogP contribution in [0.5, 0.6) is 0 Å². The minimum atomic E-state index is -0.644. The number of fused-ring (bicyclic) bond motifs is 1. The predicted octanol–water partition coefficient (Wildman–Crippen LogP) is 5.31. The van der Waals surface area contributed by atoms with E-state index >= 15 is 0 Å². The molecule has 0 radical (unpaired) electrons. The summed E-state index contributed by atoms with van der Waals surface area (Å²) >= 11 is 2.51. The molecule has 0 fully saturated rings.